The Balaban J connectivity index is 1.42. The summed E-state index contributed by atoms with van der Waals surface area (Å²) in [7, 11) is -2.19. The van der Waals surface area contributed by atoms with Crippen molar-refractivity contribution in [1.82, 2.24) is 4.31 Å². The van der Waals surface area contributed by atoms with Gasteiger partial charge in [-0.2, -0.15) is 4.31 Å². The fourth-order valence-corrected chi connectivity index (χ4v) is 5.60. The highest BCUT2D eigenvalue weighted by Gasteiger charge is 2.34. The number of piperidine rings is 1. The molecule has 2 aromatic rings. The third kappa shape index (κ3) is 4.42. The number of fused-ring (bicyclic) bond motifs is 1. The van der Waals surface area contributed by atoms with Gasteiger partial charge in [-0.05, 0) is 55.7 Å². The molecule has 2 heterocycles. The average Bonchev–Trinajstić information content (AvgIpc) is 2.79. The first-order valence-corrected chi connectivity index (χ1v) is 11.7. The molecule has 10 heteroatoms. The molecule has 9 nitrogen and oxygen atoms in total. The van der Waals surface area contributed by atoms with Crippen LogP contribution in [0.25, 0.3) is 0 Å². The molecule has 0 radical (unpaired) electrons. The number of carbonyl (C=O) groups excluding carboxylic acids is 2. The molecule has 2 aliphatic rings. The number of ether oxygens (including phenoxy) is 2. The SMILES string of the molecule is COc1ccc(NC(=O)C2CCN(S(=O)(=O)c3cc4c(cc3C)NC(=O)CO4)CC2)cc1. The van der Waals surface area contributed by atoms with Gasteiger partial charge in [0.15, 0.2) is 6.61 Å². The summed E-state index contributed by atoms with van der Waals surface area (Å²) in [5, 5.41) is 5.56. The standard InChI is InChI=1S/C22H25N3O6S/c1-14-11-18-19(31-13-21(26)24-18)12-20(14)32(28,29)25-9-7-15(8-10-25)22(27)23-16-3-5-17(30-2)6-4-16/h3-6,11-12,15H,7-10,13H2,1-2H3,(H,23,27)(H,24,26). The highest BCUT2D eigenvalue weighted by atomic mass is 32.2. The fourth-order valence-electron chi connectivity index (χ4n) is 3.91. The van der Waals surface area contributed by atoms with Gasteiger partial charge in [-0.3, -0.25) is 9.59 Å². The molecule has 4 rings (SSSR count). The number of nitrogens with zero attached hydrogens (tertiary/aromatic N) is 1. The maximum absolute atomic E-state index is 13.3. The minimum Gasteiger partial charge on any atom is -0.497 e. The van der Waals surface area contributed by atoms with Crippen LogP contribution in [0.5, 0.6) is 11.5 Å². The van der Waals surface area contributed by atoms with E-state index < -0.39 is 10.0 Å². The highest BCUT2D eigenvalue weighted by Crippen LogP contribution is 2.35. The van der Waals surface area contributed by atoms with E-state index in [2.05, 4.69) is 10.6 Å². The molecule has 2 amide bonds. The quantitative estimate of drug-likeness (QED) is 0.710. The van der Waals surface area contributed by atoms with Crippen molar-refractivity contribution >= 4 is 33.2 Å². The van der Waals surface area contributed by atoms with Crippen LogP contribution in [0.3, 0.4) is 0 Å². The summed E-state index contributed by atoms with van der Waals surface area (Å²) in [4.78, 5) is 24.3. The molecule has 0 unspecified atom stereocenters. The molecule has 2 aromatic carbocycles. The minimum absolute atomic E-state index is 0.124. The van der Waals surface area contributed by atoms with Crippen molar-refractivity contribution in [3.8, 4) is 11.5 Å². The summed E-state index contributed by atoms with van der Waals surface area (Å²) in [6.07, 6.45) is 0.857. The van der Waals surface area contributed by atoms with E-state index in [0.717, 1.165) is 0 Å². The second kappa shape index (κ2) is 8.79. The largest absolute Gasteiger partial charge is 0.497 e. The number of carbonyl (C=O) groups is 2. The number of benzene rings is 2. The summed E-state index contributed by atoms with van der Waals surface area (Å²) in [5.41, 5.74) is 1.66. The van der Waals surface area contributed by atoms with E-state index >= 15 is 0 Å². The minimum atomic E-state index is -3.76. The Morgan fingerprint density at radius 1 is 1.19 bits per heavy atom. The molecule has 0 aliphatic carbocycles. The molecule has 1 fully saturated rings. The topological polar surface area (TPSA) is 114 Å². The van der Waals surface area contributed by atoms with Gasteiger partial charge in [-0.1, -0.05) is 0 Å². The molecule has 0 bridgehead atoms. The predicted octanol–water partition coefficient (Wildman–Crippen LogP) is 2.37. The Morgan fingerprint density at radius 3 is 2.53 bits per heavy atom. The molecule has 2 aliphatic heterocycles. The van der Waals surface area contributed by atoms with Crippen LogP contribution in [0.4, 0.5) is 11.4 Å². The number of sulfonamides is 1. The van der Waals surface area contributed by atoms with Crippen molar-refractivity contribution < 1.29 is 27.5 Å². The first kappa shape index (κ1) is 22.1. The van der Waals surface area contributed by atoms with Crippen LogP contribution in [-0.2, 0) is 19.6 Å². The number of methoxy groups -OCH3 is 1. The molecular weight excluding hydrogens is 434 g/mol. The molecule has 170 valence electrons. The molecule has 0 saturated carbocycles. The Labute approximate surface area is 186 Å². The number of amides is 2. The van der Waals surface area contributed by atoms with Crippen molar-refractivity contribution in [3.63, 3.8) is 0 Å². The van der Waals surface area contributed by atoms with Crippen molar-refractivity contribution in [3.05, 3.63) is 42.0 Å². The Morgan fingerprint density at radius 2 is 1.88 bits per heavy atom. The van der Waals surface area contributed by atoms with Gasteiger partial charge < -0.3 is 20.1 Å². The van der Waals surface area contributed by atoms with Gasteiger partial charge in [0.1, 0.15) is 11.5 Å². The van der Waals surface area contributed by atoms with E-state index in [-0.39, 0.29) is 42.3 Å². The third-order valence-electron chi connectivity index (χ3n) is 5.71. The Bertz CT molecular complexity index is 1140. The number of nitrogens with one attached hydrogen (secondary N) is 2. The molecule has 2 N–H and O–H groups in total. The van der Waals surface area contributed by atoms with Gasteiger partial charge in [-0.25, -0.2) is 8.42 Å². The van der Waals surface area contributed by atoms with E-state index in [0.29, 0.717) is 41.3 Å². The third-order valence-corrected chi connectivity index (χ3v) is 7.75. The lowest BCUT2D eigenvalue weighted by atomic mass is 9.97. The van der Waals surface area contributed by atoms with Crippen molar-refractivity contribution in [2.45, 2.75) is 24.7 Å². The summed E-state index contributed by atoms with van der Waals surface area (Å²) in [6.45, 7) is 2.03. The molecule has 1 saturated heterocycles. The number of rotatable bonds is 5. The van der Waals surface area contributed by atoms with Crippen molar-refractivity contribution in [1.29, 1.82) is 0 Å². The number of hydrogen-bond donors (Lipinski definition) is 2. The van der Waals surface area contributed by atoms with Crippen LogP contribution in [0.1, 0.15) is 18.4 Å². The van der Waals surface area contributed by atoms with Crippen LogP contribution in [0.15, 0.2) is 41.3 Å². The maximum atomic E-state index is 13.3. The van der Waals surface area contributed by atoms with Crippen LogP contribution in [0.2, 0.25) is 0 Å². The van der Waals surface area contributed by atoms with E-state index in [1.807, 2.05) is 0 Å². The van der Waals surface area contributed by atoms with Gasteiger partial charge in [0.25, 0.3) is 5.91 Å². The monoisotopic (exact) mass is 459 g/mol. The smallest absolute Gasteiger partial charge is 0.262 e. The van der Waals surface area contributed by atoms with Gasteiger partial charge in [0.05, 0.1) is 17.7 Å². The summed E-state index contributed by atoms with van der Waals surface area (Å²) < 4.78 is 38.4. The molecule has 32 heavy (non-hydrogen) atoms. The van der Waals surface area contributed by atoms with Gasteiger partial charge in [0, 0.05) is 30.8 Å². The number of hydrogen-bond acceptors (Lipinski definition) is 6. The Kier molecular flexibility index (Phi) is 6.07. The number of aryl methyl sites for hydroxylation is 1. The van der Waals surface area contributed by atoms with Crippen LogP contribution >= 0.6 is 0 Å². The Hall–Kier alpha value is -3.11. The van der Waals surface area contributed by atoms with Gasteiger partial charge in [-0.15, -0.1) is 0 Å². The average molecular weight is 460 g/mol. The fraction of sp³-hybridized carbons (Fsp3) is 0.364. The summed E-state index contributed by atoms with van der Waals surface area (Å²) >= 11 is 0. The van der Waals surface area contributed by atoms with Crippen molar-refractivity contribution in [2.75, 3.05) is 37.4 Å². The zero-order valence-electron chi connectivity index (χ0n) is 17.9. The molecule has 0 atom stereocenters. The molecule has 0 aromatic heterocycles. The first-order valence-electron chi connectivity index (χ1n) is 10.3. The zero-order valence-corrected chi connectivity index (χ0v) is 18.7. The number of anilines is 2. The predicted molar refractivity (Wildman–Crippen MR) is 118 cm³/mol. The van der Waals surface area contributed by atoms with E-state index in [1.54, 1.807) is 44.4 Å². The van der Waals surface area contributed by atoms with E-state index in [9.17, 15) is 18.0 Å². The van der Waals surface area contributed by atoms with E-state index in [1.165, 1.54) is 10.4 Å². The van der Waals surface area contributed by atoms with Crippen LogP contribution in [0, 0.1) is 12.8 Å². The highest BCUT2D eigenvalue weighted by molar-refractivity contribution is 7.89. The normalized spacial score (nSPS) is 17.1. The van der Waals surface area contributed by atoms with Gasteiger partial charge >= 0.3 is 0 Å². The zero-order chi connectivity index (χ0) is 22.9. The van der Waals surface area contributed by atoms with E-state index in [4.69, 9.17) is 9.47 Å². The molecule has 0 spiro atoms. The lowest BCUT2D eigenvalue weighted by molar-refractivity contribution is -0.121. The summed E-state index contributed by atoms with van der Waals surface area (Å²) in [6, 6.07) is 10.1. The van der Waals surface area contributed by atoms with Crippen LogP contribution < -0.4 is 20.1 Å². The first-order chi connectivity index (χ1) is 15.3. The second-order valence-electron chi connectivity index (χ2n) is 7.85. The second-order valence-corrected chi connectivity index (χ2v) is 9.75. The van der Waals surface area contributed by atoms with Crippen LogP contribution in [-0.4, -0.2) is 51.3 Å². The lowest BCUT2D eigenvalue weighted by Crippen LogP contribution is -2.41. The van der Waals surface area contributed by atoms with Gasteiger partial charge in [0.2, 0.25) is 15.9 Å². The molecular formula is C22H25N3O6S. The lowest BCUT2D eigenvalue weighted by Gasteiger charge is -2.31. The van der Waals surface area contributed by atoms with Crippen molar-refractivity contribution in [2.24, 2.45) is 5.92 Å². The maximum Gasteiger partial charge on any atom is 0.262 e. The summed E-state index contributed by atoms with van der Waals surface area (Å²) in [5.74, 6) is 0.366.